The van der Waals surface area contributed by atoms with Crippen molar-refractivity contribution in [1.82, 2.24) is 10.2 Å². The minimum atomic E-state index is -0.389. The number of benzene rings is 2. The second-order valence-electron chi connectivity index (χ2n) is 6.95. The van der Waals surface area contributed by atoms with Gasteiger partial charge in [0.15, 0.2) is 0 Å². The van der Waals surface area contributed by atoms with E-state index in [2.05, 4.69) is 22.4 Å². The van der Waals surface area contributed by atoms with Crippen LogP contribution >= 0.6 is 34.5 Å². The maximum absolute atomic E-state index is 12.5. The molecule has 0 radical (unpaired) electrons. The van der Waals surface area contributed by atoms with Crippen LogP contribution < -0.4 is 10.2 Å². The average molecular weight is 461 g/mol. The number of aryl methyl sites for hydroxylation is 1. The van der Waals surface area contributed by atoms with Crippen molar-refractivity contribution in [3.05, 3.63) is 68.6 Å². The van der Waals surface area contributed by atoms with Gasteiger partial charge in [0.25, 0.3) is 5.91 Å². The highest BCUT2D eigenvalue weighted by Gasteiger charge is 2.34. The maximum Gasteiger partial charge on any atom is 0.259 e. The summed E-state index contributed by atoms with van der Waals surface area (Å²) >= 11 is 13.2. The number of aromatic nitrogens is 2. The van der Waals surface area contributed by atoms with Crippen molar-refractivity contribution in [3.63, 3.8) is 0 Å². The third-order valence-electron chi connectivity index (χ3n) is 4.97. The predicted octanol–water partition coefficient (Wildman–Crippen LogP) is 5.18. The van der Waals surface area contributed by atoms with Gasteiger partial charge in [0, 0.05) is 29.6 Å². The Morgan fingerprint density at radius 1 is 1.20 bits per heavy atom. The third kappa shape index (κ3) is 4.33. The molecule has 2 aromatic carbocycles. The number of nitrogens with one attached hydrogen (secondary N) is 1. The van der Waals surface area contributed by atoms with Gasteiger partial charge < -0.3 is 4.90 Å². The lowest BCUT2D eigenvalue weighted by Gasteiger charge is -2.16. The van der Waals surface area contributed by atoms with Crippen molar-refractivity contribution in [2.45, 2.75) is 25.7 Å². The molecule has 0 aliphatic carbocycles. The Morgan fingerprint density at radius 2 is 1.97 bits per heavy atom. The van der Waals surface area contributed by atoms with Crippen LogP contribution in [-0.4, -0.2) is 28.6 Å². The Bertz CT molecular complexity index is 1100. The smallest absolute Gasteiger partial charge is 0.259 e. The number of hydrogen-bond acceptors (Lipinski definition) is 5. The summed E-state index contributed by atoms with van der Waals surface area (Å²) in [6, 6.07) is 12.7. The molecular weight excluding hydrogens is 443 g/mol. The number of nitrogens with zero attached hydrogens (tertiary/aromatic N) is 3. The first-order valence-electron chi connectivity index (χ1n) is 9.43. The Balaban J connectivity index is 1.44. The first-order valence-corrected chi connectivity index (χ1v) is 11.0. The molecule has 3 aromatic rings. The molecule has 0 bridgehead atoms. The van der Waals surface area contributed by atoms with Gasteiger partial charge in [-0.1, -0.05) is 53.6 Å². The highest BCUT2D eigenvalue weighted by atomic mass is 35.5. The minimum absolute atomic E-state index is 0.0537. The van der Waals surface area contributed by atoms with Crippen LogP contribution in [0.2, 0.25) is 10.0 Å². The zero-order valence-electron chi connectivity index (χ0n) is 16.1. The molecule has 6 nitrogen and oxygen atoms in total. The molecule has 1 aliphatic rings. The summed E-state index contributed by atoms with van der Waals surface area (Å²) in [7, 11) is 0. The first kappa shape index (κ1) is 20.8. The van der Waals surface area contributed by atoms with E-state index in [9.17, 15) is 9.59 Å². The van der Waals surface area contributed by atoms with Gasteiger partial charge in [0.05, 0.1) is 10.6 Å². The lowest BCUT2D eigenvalue weighted by Crippen LogP contribution is -2.24. The molecule has 1 atom stereocenters. The number of carbonyl (C=O) groups is 2. The van der Waals surface area contributed by atoms with E-state index in [1.54, 1.807) is 17.0 Å². The second-order valence-corrected chi connectivity index (χ2v) is 8.80. The molecule has 1 fully saturated rings. The number of amides is 2. The standard InChI is InChI=1S/C21H18Cl2N4O2S/c1-2-12-3-6-15(7-4-12)27-11-13(9-18(27)28)20-25-26-21(30-20)24-19(29)16-8-5-14(22)10-17(16)23/h3-8,10,13H,2,9,11H2,1H3,(H,24,26,29). The lowest BCUT2D eigenvalue weighted by molar-refractivity contribution is -0.117. The molecule has 4 rings (SSSR count). The van der Waals surface area contributed by atoms with Crippen LogP contribution in [0.25, 0.3) is 0 Å². The summed E-state index contributed by atoms with van der Waals surface area (Å²) in [6.07, 6.45) is 1.32. The molecule has 1 aliphatic heterocycles. The van der Waals surface area contributed by atoms with Gasteiger partial charge in [-0.3, -0.25) is 14.9 Å². The lowest BCUT2D eigenvalue weighted by atomic mass is 10.1. The zero-order valence-corrected chi connectivity index (χ0v) is 18.4. The van der Waals surface area contributed by atoms with Crippen molar-refractivity contribution in [2.75, 3.05) is 16.8 Å². The third-order valence-corrected chi connectivity index (χ3v) is 6.52. The molecule has 1 aromatic heterocycles. The van der Waals surface area contributed by atoms with Gasteiger partial charge in [0.1, 0.15) is 5.01 Å². The molecule has 0 saturated carbocycles. The fourth-order valence-corrected chi connectivity index (χ4v) is 4.65. The maximum atomic E-state index is 12.5. The highest BCUT2D eigenvalue weighted by Crippen LogP contribution is 2.34. The van der Waals surface area contributed by atoms with E-state index >= 15 is 0 Å². The van der Waals surface area contributed by atoms with Crippen LogP contribution in [0.1, 0.15) is 40.2 Å². The number of halogens is 2. The summed E-state index contributed by atoms with van der Waals surface area (Å²) in [5.41, 5.74) is 2.41. The van der Waals surface area contributed by atoms with E-state index in [1.165, 1.54) is 23.0 Å². The van der Waals surface area contributed by atoms with Crippen molar-refractivity contribution in [3.8, 4) is 0 Å². The average Bonchev–Trinajstić information content (AvgIpc) is 3.34. The van der Waals surface area contributed by atoms with Crippen molar-refractivity contribution < 1.29 is 9.59 Å². The molecule has 0 spiro atoms. The van der Waals surface area contributed by atoms with Gasteiger partial charge in [-0.15, -0.1) is 10.2 Å². The number of carbonyl (C=O) groups excluding carboxylic acids is 2. The summed E-state index contributed by atoms with van der Waals surface area (Å²) in [4.78, 5) is 26.8. The first-order chi connectivity index (χ1) is 14.4. The number of hydrogen-bond donors (Lipinski definition) is 1. The minimum Gasteiger partial charge on any atom is -0.312 e. The van der Waals surface area contributed by atoms with Gasteiger partial charge in [-0.25, -0.2) is 0 Å². The van der Waals surface area contributed by atoms with Crippen molar-refractivity contribution in [2.24, 2.45) is 0 Å². The van der Waals surface area contributed by atoms with E-state index in [-0.39, 0.29) is 22.8 Å². The molecule has 30 heavy (non-hydrogen) atoms. The molecule has 1 N–H and O–H groups in total. The van der Waals surface area contributed by atoms with Crippen LogP contribution in [-0.2, 0) is 11.2 Å². The topological polar surface area (TPSA) is 75.2 Å². The highest BCUT2D eigenvalue weighted by molar-refractivity contribution is 7.15. The quantitative estimate of drug-likeness (QED) is 0.568. The second kappa shape index (κ2) is 8.71. The van der Waals surface area contributed by atoms with E-state index in [0.29, 0.717) is 33.7 Å². The van der Waals surface area contributed by atoms with Crippen LogP contribution in [0.15, 0.2) is 42.5 Å². The summed E-state index contributed by atoms with van der Waals surface area (Å²) in [5.74, 6) is -0.400. The Morgan fingerprint density at radius 3 is 2.67 bits per heavy atom. The fourth-order valence-electron chi connectivity index (χ4n) is 3.32. The Hall–Kier alpha value is -2.48. The van der Waals surface area contributed by atoms with E-state index < -0.39 is 0 Å². The Labute approximate surface area is 187 Å². The van der Waals surface area contributed by atoms with Gasteiger partial charge >= 0.3 is 0 Å². The van der Waals surface area contributed by atoms with Crippen LogP contribution in [0.4, 0.5) is 10.8 Å². The number of anilines is 2. The molecule has 154 valence electrons. The van der Waals surface area contributed by atoms with Gasteiger partial charge in [-0.2, -0.15) is 0 Å². The predicted molar refractivity (Wildman–Crippen MR) is 120 cm³/mol. The molecule has 1 unspecified atom stereocenters. The largest absolute Gasteiger partial charge is 0.312 e. The Kier molecular flexibility index (Phi) is 6.04. The van der Waals surface area contributed by atoms with Gasteiger partial charge in [0.2, 0.25) is 11.0 Å². The van der Waals surface area contributed by atoms with Crippen LogP contribution in [0.3, 0.4) is 0 Å². The molecule has 2 heterocycles. The van der Waals surface area contributed by atoms with Crippen LogP contribution in [0.5, 0.6) is 0 Å². The molecule has 1 saturated heterocycles. The van der Waals surface area contributed by atoms with Crippen molar-refractivity contribution in [1.29, 1.82) is 0 Å². The van der Waals surface area contributed by atoms with E-state index in [0.717, 1.165) is 12.1 Å². The van der Waals surface area contributed by atoms with E-state index in [1.807, 2.05) is 24.3 Å². The summed E-state index contributed by atoms with van der Waals surface area (Å²) in [6.45, 7) is 2.63. The zero-order chi connectivity index (χ0) is 21.3. The molecule has 9 heteroatoms. The molecular formula is C21H18Cl2N4O2S. The van der Waals surface area contributed by atoms with E-state index in [4.69, 9.17) is 23.2 Å². The summed E-state index contributed by atoms with van der Waals surface area (Å²) in [5, 5.41) is 12.7. The normalized spacial score (nSPS) is 16.2. The SMILES string of the molecule is CCc1ccc(N2CC(c3nnc(NC(=O)c4ccc(Cl)cc4Cl)s3)CC2=O)cc1. The van der Waals surface area contributed by atoms with Crippen LogP contribution in [0, 0.1) is 0 Å². The summed E-state index contributed by atoms with van der Waals surface area (Å²) < 4.78 is 0. The number of rotatable bonds is 5. The fraction of sp³-hybridized carbons (Fsp3) is 0.238. The monoisotopic (exact) mass is 460 g/mol. The van der Waals surface area contributed by atoms with Crippen molar-refractivity contribution >= 4 is 57.2 Å². The molecule has 2 amide bonds. The van der Waals surface area contributed by atoms with Gasteiger partial charge in [-0.05, 0) is 42.3 Å².